The molecule has 0 fully saturated rings. The zero-order chi connectivity index (χ0) is 24.3. The molecule has 2 aromatic heterocycles. The second-order valence-corrected chi connectivity index (χ2v) is 9.29. The number of carboxylic acids is 1. The highest BCUT2D eigenvalue weighted by Gasteiger charge is 2.38. The number of alkyl halides is 3. The van der Waals surface area contributed by atoms with E-state index in [1.54, 1.807) is 31.3 Å². The van der Waals surface area contributed by atoms with Crippen molar-refractivity contribution in [2.45, 2.75) is 31.8 Å². The van der Waals surface area contributed by atoms with Crippen molar-refractivity contribution < 1.29 is 31.5 Å². The molecule has 8 nitrogen and oxygen atoms in total. The van der Waals surface area contributed by atoms with Crippen molar-refractivity contribution in [1.82, 2.24) is 9.97 Å². The van der Waals surface area contributed by atoms with Gasteiger partial charge in [0, 0.05) is 6.20 Å². The smallest absolute Gasteiger partial charge is 0.475 e. The molecule has 0 aliphatic heterocycles. The van der Waals surface area contributed by atoms with Crippen LogP contribution in [0.3, 0.4) is 0 Å². The van der Waals surface area contributed by atoms with Crippen molar-refractivity contribution in [2.75, 3.05) is 10.5 Å². The summed E-state index contributed by atoms with van der Waals surface area (Å²) in [6.07, 6.45) is -1.93. The van der Waals surface area contributed by atoms with Crippen LogP contribution in [0.25, 0.3) is 10.4 Å². The highest BCUT2D eigenvalue weighted by Crippen LogP contribution is 2.33. The lowest BCUT2D eigenvalue weighted by Gasteiger charge is -2.12. The number of hydrogen-bond acceptors (Lipinski definition) is 7. The van der Waals surface area contributed by atoms with Crippen LogP contribution in [0, 0.1) is 20.8 Å². The summed E-state index contributed by atoms with van der Waals surface area (Å²) in [5.41, 5.74) is 9.29. The summed E-state index contributed by atoms with van der Waals surface area (Å²) in [5.74, 6) is -2.76. The number of sulfonamides is 1. The fourth-order valence-corrected chi connectivity index (χ4v) is 4.67. The van der Waals surface area contributed by atoms with Crippen molar-refractivity contribution in [3.05, 3.63) is 53.5 Å². The molecule has 0 aliphatic rings. The first-order chi connectivity index (χ1) is 14.7. The number of carbonyl (C=O) groups is 1. The monoisotopic (exact) mass is 488 g/mol. The number of nitrogens with one attached hydrogen (secondary N) is 1. The lowest BCUT2D eigenvalue weighted by atomic mass is 10.1. The maximum Gasteiger partial charge on any atom is 0.490 e. The molecule has 0 atom stereocenters. The number of aryl methyl sites for hydroxylation is 3. The highest BCUT2D eigenvalue weighted by molar-refractivity contribution is 7.92. The summed E-state index contributed by atoms with van der Waals surface area (Å²) in [6, 6.07) is 7.05. The van der Waals surface area contributed by atoms with Crippen LogP contribution in [-0.2, 0) is 14.8 Å². The average molecular weight is 489 g/mol. The molecule has 13 heteroatoms. The summed E-state index contributed by atoms with van der Waals surface area (Å²) >= 11 is 1.34. The average Bonchev–Trinajstić information content (AvgIpc) is 2.99. The predicted molar refractivity (Wildman–Crippen MR) is 115 cm³/mol. The van der Waals surface area contributed by atoms with Gasteiger partial charge in [-0.05, 0) is 49.6 Å². The van der Waals surface area contributed by atoms with Crippen LogP contribution in [0.4, 0.5) is 24.0 Å². The molecular formula is C19H19F3N4O4S2. The summed E-state index contributed by atoms with van der Waals surface area (Å²) in [7, 11) is -3.73. The van der Waals surface area contributed by atoms with Crippen LogP contribution >= 0.6 is 11.3 Å². The zero-order valence-electron chi connectivity index (χ0n) is 17.1. The summed E-state index contributed by atoms with van der Waals surface area (Å²) in [6.45, 7) is 5.47. The topological polar surface area (TPSA) is 135 Å². The first-order valence-electron chi connectivity index (χ1n) is 8.79. The van der Waals surface area contributed by atoms with Crippen LogP contribution in [0.1, 0.15) is 16.8 Å². The number of nitrogens with zero attached hydrogens (tertiary/aromatic N) is 2. The molecule has 0 aliphatic carbocycles. The SMILES string of the molecule is Cc1cncc(NS(=O)(=O)c2cc(-c3sc(N)nc3C)ccc2C)c1.O=C(O)C(F)(F)F. The molecule has 0 unspecified atom stereocenters. The number of halogens is 3. The number of aliphatic carboxylic acids is 1. The summed E-state index contributed by atoms with van der Waals surface area (Å²) in [5, 5.41) is 7.58. The van der Waals surface area contributed by atoms with Gasteiger partial charge in [0.1, 0.15) is 0 Å². The van der Waals surface area contributed by atoms with Gasteiger partial charge >= 0.3 is 12.1 Å². The van der Waals surface area contributed by atoms with Crippen molar-refractivity contribution >= 4 is 38.1 Å². The molecule has 0 saturated heterocycles. The number of hydrogen-bond donors (Lipinski definition) is 3. The first-order valence-corrected chi connectivity index (χ1v) is 11.1. The Morgan fingerprint density at radius 3 is 2.28 bits per heavy atom. The van der Waals surface area contributed by atoms with Crippen LogP contribution in [0.2, 0.25) is 0 Å². The van der Waals surface area contributed by atoms with Gasteiger partial charge in [-0.2, -0.15) is 13.2 Å². The number of rotatable bonds is 4. The number of aromatic nitrogens is 2. The second kappa shape index (κ2) is 9.53. The lowest BCUT2D eigenvalue weighted by Crippen LogP contribution is -2.21. The highest BCUT2D eigenvalue weighted by atomic mass is 32.2. The van der Waals surface area contributed by atoms with Crippen molar-refractivity contribution in [3.63, 3.8) is 0 Å². The van der Waals surface area contributed by atoms with Gasteiger partial charge in [0.05, 0.1) is 27.4 Å². The molecule has 0 saturated carbocycles. The van der Waals surface area contributed by atoms with Crippen molar-refractivity contribution in [1.29, 1.82) is 0 Å². The Labute approximate surface area is 186 Å². The number of pyridine rings is 1. The van der Waals surface area contributed by atoms with Crippen LogP contribution < -0.4 is 10.5 Å². The molecule has 4 N–H and O–H groups in total. The van der Waals surface area contributed by atoms with Gasteiger partial charge in [-0.1, -0.05) is 23.5 Å². The van der Waals surface area contributed by atoms with E-state index < -0.39 is 22.2 Å². The van der Waals surface area contributed by atoms with E-state index in [-0.39, 0.29) is 4.90 Å². The number of thiazole rings is 1. The van der Waals surface area contributed by atoms with Crippen LogP contribution in [-0.4, -0.2) is 35.6 Å². The van der Waals surface area contributed by atoms with E-state index in [0.717, 1.165) is 21.7 Å². The molecule has 1 aromatic carbocycles. The van der Waals surface area contributed by atoms with E-state index in [4.69, 9.17) is 15.6 Å². The van der Waals surface area contributed by atoms with E-state index >= 15 is 0 Å². The quantitative estimate of drug-likeness (QED) is 0.502. The molecule has 3 rings (SSSR count). The van der Waals surface area contributed by atoms with E-state index in [2.05, 4.69) is 14.7 Å². The fourth-order valence-electron chi connectivity index (χ4n) is 2.54. The Morgan fingerprint density at radius 2 is 1.78 bits per heavy atom. The number of carboxylic acid groups (broad SMARTS) is 1. The van der Waals surface area contributed by atoms with Gasteiger partial charge in [-0.3, -0.25) is 9.71 Å². The predicted octanol–water partition coefficient (Wildman–Crippen LogP) is 4.15. The maximum absolute atomic E-state index is 12.8. The standard InChI is InChI=1S/C17H18N4O2S2.C2HF3O2/c1-10-6-14(9-19-8-10)21-25(22,23)15-7-13(5-4-11(15)2)16-12(3)20-17(18)24-16;3-2(4,5)1(6)7/h4-9,21H,1-3H3,(H2,18,20);(H,6,7). The minimum absolute atomic E-state index is 0.220. The number of nitrogen functional groups attached to an aromatic ring is 1. The maximum atomic E-state index is 12.8. The zero-order valence-corrected chi connectivity index (χ0v) is 18.7. The van der Waals surface area contributed by atoms with Gasteiger partial charge in [0.25, 0.3) is 10.0 Å². The van der Waals surface area contributed by atoms with Crippen molar-refractivity contribution in [3.8, 4) is 10.4 Å². The molecule has 2 heterocycles. The van der Waals surface area contributed by atoms with Gasteiger partial charge in [-0.15, -0.1) is 0 Å². The minimum Gasteiger partial charge on any atom is -0.475 e. The van der Waals surface area contributed by atoms with Gasteiger partial charge in [0.15, 0.2) is 5.13 Å². The molecule has 32 heavy (non-hydrogen) atoms. The third-order valence-electron chi connectivity index (χ3n) is 3.92. The van der Waals surface area contributed by atoms with E-state index in [1.165, 1.54) is 17.5 Å². The Bertz CT molecular complexity index is 1240. The van der Waals surface area contributed by atoms with Crippen LogP contribution in [0.15, 0.2) is 41.6 Å². The third kappa shape index (κ3) is 6.40. The van der Waals surface area contributed by atoms with Crippen LogP contribution in [0.5, 0.6) is 0 Å². The molecule has 172 valence electrons. The minimum atomic E-state index is -5.08. The molecular weight excluding hydrogens is 469 g/mol. The molecule has 0 amide bonds. The number of anilines is 2. The normalized spacial score (nSPS) is 11.4. The molecule has 0 radical (unpaired) electrons. The largest absolute Gasteiger partial charge is 0.490 e. The van der Waals surface area contributed by atoms with E-state index in [9.17, 15) is 21.6 Å². The fraction of sp³-hybridized carbons (Fsp3) is 0.211. The van der Waals surface area contributed by atoms with Gasteiger partial charge in [0.2, 0.25) is 0 Å². The summed E-state index contributed by atoms with van der Waals surface area (Å²) < 4.78 is 60.0. The Balaban J connectivity index is 0.000000451. The molecule has 0 bridgehead atoms. The first kappa shape index (κ1) is 25.1. The Hall–Kier alpha value is -3.19. The Kier molecular flexibility index (Phi) is 7.46. The van der Waals surface area contributed by atoms with E-state index in [0.29, 0.717) is 16.4 Å². The lowest BCUT2D eigenvalue weighted by molar-refractivity contribution is -0.192. The van der Waals surface area contributed by atoms with Gasteiger partial charge in [-0.25, -0.2) is 18.2 Å². The molecule has 0 spiro atoms. The van der Waals surface area contributed by atoms with Crippen molar-refractivity contribution in [2.24, 2.45) is 0 Å². The number of benzene rings is 1. The number of nitrogens with two attached hydrogens (primary N) is 1. The Morgan fingerprint density at radius 1 is 1.16 bits per heavy atom. The molecule has 3 aromatic rings. The van der Waals surface area contributed by atoms with E-state index in [1.807, 2.05) is 19.9 Å². The third-order valence-corrected chi connectivity index (χ3v) is 6.48. The summed E-state index contributed by atoms with van der Waals surface area (Å²) in [4.78, 5) is 18.2. The second-order valence-electron chi connectivity index (χ2n) is 6.61. The van der Waals surface area contributed by atoms with Gasteiger partial charge < -0.3 is 10.8 Å².